The maximum atomic E-state index is 12.4. The topological polar surface area (TPSA) is 133 Å². The average molecular weight is 464 g/mol. The van der Waals surface area contributed by atoms with E-state index in [1.165, 1.54) is 5.56 Å². The number of nitrogens with one attached hydrogen (secondary N) is 3. The number of methoxy groups -OCH3 is 1. The lowest BCUT2D eigenvalue weighted by Gasteiger charge is -2.22. The molecule has 8 heteroatoms. The molecule has 0 bridgehead atoms. The van der Waals surface area contributed by atoms with Gasteiger partial charge in [0.25, 0.3) is 5.84 Å². The molecule has 1 amide bonds. The molecule has 3 rings (SSSR count). The summed E-state index contributed by atoms with van der Waals surface area (Å²) in [7, 11) is 1.62. The van der Waals surface area contributed by atoms with E-state index in [0.29, 0.717) is 18.8 Å². The van der Waals surface area contributed by atoms with Gasteiger partial charge < -0.3 is 26.5 Å². The van der Waals surface area contributed by atoms with E-state index in [0.717, 1.165) is 28.6 Å². The molecule has 7 N–H and O–H groups in total. The highest BCUT2D eigenvalue weighted by atomic mass is 16.5. The van der Waals surface area contributed by atoms with E-state index in [9.17, 15) is 4.79 Å². The zero-order chi connectivity index (χ0) is 24.9. The number of ether oxygens (including phenoxy) is 1. The first-order valence-electron chi connectivity index (χ1n) is 11.3. The fraction of sp³-hybridized carbons (Fsp3) is 0.346. The summed E-state index contributed by atoms with van der Waals surface area (Å²) in [4.78, 5) is 15.7. The quantitative estimate of drug-likeness (QED) is 0.190. The molecule has 0 spiro atoms. The minimum Gasteiger partial charge on any atom is -0.497 e. The standard InChI is InChI=1S/C26H34N6O2/c1-17(31-25(33)26(2,3)29)24(28)32(16-18-9-12-20(34-4)13-10-18)23(27)14-11-19-15-30-22-8-6-5-7-21(19)22/h5-10,12-13,15,17,27-28,30H,11,14,16,29H2,1-4H3,(H,31,33)/p+1/t17-/m1/s1. The molecule has 3 aromatic rings. The molecule has 0 aliphatic rings. The Morgan fingerprint density at radius 2 is 1.88 bits per heavy atom. The molecule has 1 atom stereocenters. The van der Waals surface area contributed by atoms with E-state index in [2.05, 4.69) is 16.4 Å². The van der Waals surface area contributed by atoms with Crippen LogP contribution in [0.2, 0.25) is 0 Å². The molecular weight excluding hydrogens is 428 g/mol. The molecule has 0 saturated carbocycles. The predicted octanol–water partition coefficient (Wildman–Crippen LogP) is 2.90. The van der Waals surface area contributed by atoms with E-state index < -0.39 is 11.6 Å². The fourth-order valence-corrected chi connectivity index (χ4v) is 3.68. The summed E-state index contributed by atoms with van der Waals surface area (Å²) < 4.78 is 7.00. The van der Waals surface area contributed by atoms with Crippen LogP contribution in [0.1, 0.15) is 38.3 Å². The summed E-state index contributed by atoms with van der Waals surface area (Å²) in [6, 6.07) is 15.2. The van der Waals surface area contributed by atoms with Crippen molar-refractivity contribution in [1.29, 1.82) is 5.41 Å². The van der Waals surface area contributed by atoms with Gasteiger partial charge in [-0.25, -0.2) is 4.58 Å². The number of H-pyrrole nitrogens is 1. The Bertz CT molecular complexity index is 1190. The number of aromatic nitrogens is 1. The second-order valence-corrected chi connectivity index (χ2v) is 9.09. The Balaban J connectivity index is 1.85. The Labute approximate surface area is 200 Å². The van der Waals surface area contributed by atoms with Crippen LogP contribution < -0.4 is 21.5 Å². The van der Waals surface area contributed by atoms with Gasteiger partial charge in [0, 0.05) is 23.5 Å². The molecule has 180 valence electrons. The van der Waals surface area contributed by atoms with E-state index in [1.54, 1.807) is 32.5 Å². The smallest absolute Gasteiger partial charge is 0.252 e. The number of carbonyl (C=O) groups is 1. The summed E-state index contributed by atoms with van der Waals surface area (Å²) in [6.45, 7) is 5.43. The summed E-state index contributed by atoms with van der Waals surface area (Å²) in [5.41, 5.74) is 14.7. The van der Waals surface area contributed by atoms with Gasteiger partial charge in [-0.2, -0.15) is 5.41 Å². The van der Waals surface area contributed by atoms with E-state index in [4.69, 9.17) is 21.6 Å². The van der Waals surface area contributed by atoms with Crippen molar-refractivity contribution in [3.05, 3.63) is 65.9 Å². The van der Waals surface area contributed by atoms with Crippen LogP contribution in [0.4, 0.5) is 0 Å². The van der Waals surface area contributed by atoms with Gasteiger partial charge in [0.1, 0.15) is 11.8 Å². The van der Waals surface area contributed by atoms with Crippen molar-refractivity contribution in [3.8, 4) is 5.75 Å². The highest BCUT2D eigenvalue weighted by Crippen LogP contribution is 2.19. The maximum absolute atomic E-state index is 12.4. The highest BCUT2D eigenvalue weighted by molar-refractivity contribution is 5.92. The number of fused-ring (bicyclic) bond motifs is 1. The highest BCUT2D eigenvalue weighted by Gasteiger charge is 2.28. The van der Waals surface area contributed by atoms with Crippen LogP contribution in [0.25, 0.3) is 10.9 Å². The molecule has 0 radical (unpaired) electrons. The van der Waals surface area contributed by atoms with Crippen molar-refractivity contribution in [2.75, 3.05) is 7.11 Å². The number of benzene rings is 2. The third-order valence-corrected chi connectivity index (χ3v) is 5.81. The summed E-state index contributed by atoms with van der Waals surface area (Å²) >= 11 is 0. The van der Waals surface area contributed by atoms with Gasteiger partial charge in [0.2, 0.25) is 5.91 Å². The Morgan fingerprint density at radius 3 is 2.53 bits per heavy atom. The van der Waals surface area contributed by atoms with E-state index >= 15 is 0 Å². The minimum atomic E-state index is -1.04. The van der Waals surface area contributed by atoms with Gasteiger partial charge in [0.05, 0.1) is 19.2 Å². The molecular formula is C26H35N6O2+. The minimum absolute atomic E-state index is 0.199. The van der Waals surface area contributed by atoms with Gasteiger partial charge in [-0.05, 0) is 56.5 Å². The molecule has 0 fully saturated rings. The Hall–Kier alpha value is -3.65. The van der Waals surface area contributed by atoms with Gasteiger partial charge in [-0.1, -0.05) is 30.3 Å². The van der Waals surface area contributed by atoms with Crippen molar-refractivity contribution >= 4 is 28.5 Å². The Kier molecular flexibility index (Phi) is 7.73. The number of aryl methyl sites for hydroxylation is 1. The van der Waals surface area contributed by atoms with Crippen molar-refractivity contribution in [3.63, 3.8) is 0 Å². The molecule has 0 aliphatic heterocycles. The molecule has 34 heavy (non-hydrogen) atoms. The third-order valence-electron chi connectivity index (χ3n) is 5.81. The predicted molar refractivity (Wildman–Crippen MR) is 136 cm³/mol. The molecule has 1 heterocycles. The van der Waals surface area contributed by atoms with Crippen LogP contribution >= 0.6 is 0 Å². The molecule has 0 unspecified atom stereocenters. The van der Waals surface area contributed by atoms with E-state index in [1.807, 2.05) is 48.7 Å². The van der Waals surface area contributed by atoms with Gasteiger partial charge in [-0.15, -0.1) is 0 Å². The first kappa shape index (κ1) is 25.0. The SMILES string of the molecule is COc1ccc(C[N+](C(=N)[C@@H](C)NC(=O)C(C)(C)N)=C(N)CCc2c[nH]c3ccccc23)cc1. The van der Waals surface area contributed by atoms with Crippen LogP contribution in [0.5, 0.6) is 5.75 Å². The molecule has 2 aromatic carbocycles. The number of hydrogen-bond donors (Lipinski definition) is 5. The van der Waals surface area contributed by atoms with E-state index in [-0.39, 0.29) is 11.7 Å². The van der Waals surface area contributed by atoms with Crippen LogP contribution in [0.15, 0.2) is 54.7 Å². The van der Waals surface area contributed by atoms with Crippen LogP contribution in [0, 0.1) is 5.41 Å². The fourth-order valence-electron chi connectivity index (χ4n) is 3.68. The van der Waals surface area contributed by atoms with Crippen LogP contribution in [0.3, 0.4) is 0 Å². The molecule has 1 aromatic heterocycles. The Morgan fingerprint density at radius 1 is 1.21 bits per heavy atom. The zero-order valence-corrected chi connectivity index (χ0v) is 20.3. The molecule has 0 aliphatic carbocycles. The van der Waals surface area contributed by atoms with Crippen molar-refractivity contribution in [1.82, 2.24) is 10.3 Å². The lowest BCUT2D eigenvalue weighted by atomic mass is 10.1. The largest absolute Gasteiger partial charge is 0.497 e. The van der Waals surface area contributed by atoms with Gasteiger partial charge >= 0.3 is 0 Å². The van der Waals surface area contributed by atoms with Crippen LogP contribution in [-0.2, 0) is 17.8 Å². The van der Waals surface area contributed by atoms with Crippen molar-refractivity contribution in [2.24, 2.45) is 11.5 Å². The van der Waals surface area contributed by atoms with Gasteiger partial charge in [-0.3, -0.25) is 4.79 Å². The number of para-hydroxylation sites is 1. The number of hydrogen-bond acceptors (Lipinski definition) is 4. The average Bonchev–Trinajstić information content (AvgIpc) is 3.23. The number of carbonyl (C=O) groups excluding carboxylic acids is 1. The monoisotopic (exact) mass is 463 g/mol. The normalized spacial score (nSPS) is 13.3. The summed E-state index contributed by atoms with van der Waals surface area (Å²) in [6.07, 6.45) is 3.28. The molecule has 8 nitrogen and oxygen atoms in total. The first-order chi connectivity index (χ1) is 16.1. The summed E-state index contributed by atoms with van der Waals surface area (Å²) in [5, 5.41) is 12.8. The molecule has 0 saturated heterocycles. The van der Waals surface area contributed by atoms with Gasteiger partial charge in [0.15, 0.2) is 5.84 Å². The number of nitrogens with zero attached hydrogens (tertiary/aromatic N) is 1. The number of amidine groups is 2. The summed E-state index contributed by atoms with van der Waals surface area (Å²) in [5.74, 6) is 1.18. The second-order valence-electron chi connectivity index (χ2n) is 9.09. The lowest BCUT2D eigenvalue weighted by Crippen LogP contribution is -2.54. The third kappa shape index (κ3) is 6.02. The van der Waals surface area contributed by atoms with Crippen molar-refractivity contribution < 1.29 is 14.1 Å². The maximum Gasteiger partial charge on any atom is 0.252 e. The number of aromatic amines is 1. The first-order valence-corrected chi connectivity index (χ1v) is 11.3. The van der Waals surface area contributed by atoms with Crippen LogP contribution in [-0.4, -0.2) is 45.8 Å². The second kappa shape index (κ2) is 10.5. The van der Waals surface area contributed by atoms with Crippen molar-refractivity contribution in [2.45, 2.75) is 51.7 Å². The number of amides is 1. The lowest BCUT2D eigenvalue weighted by molar-refractivity contribution is -0.433. The zero-order valence-electron chi connectivity index (χ0n) is 20.3. The number of rotatable bonds is 9. The number of nitrogens with two attached hydrogens (primary N) is 2.